The third-order valence-electron chi connectivity index (χ3n) is 3.38. The summed E-state index contributed by atoms with van der Waals surface area (Å²) in [7, 11) is 0. The highest BCUT2D eigenvalue weighted by molar-refractivity contribution is 6.30. The van der Waals surface area contributed by atoms with Crippen LogP contribution in [0.15, 0.2) is 42.5 Å². The Balaban J connectivity index is 1.80. The van der Waals surface area contributed by atoms with Gasteiger partial charge in [-0.2, -0.15) is 0 Å². The highest BCUT2D eigenvalue weighted by Crippen LogP contribution is 2.20. The first kappa shape index (κ1) is 18.1. The first-order chi connectivity index (χ1) is 11.4. The maximum atomic E-state index is 12.0. The van der Waals surface area contributed by atoms with Crippen molar-refractivity contribution in [3.8, 4) is 5.75 Å². The van der Waals surface area contributed by atoms with Crippen molar-refractivity contribution in [2.24, 2.45) is 0 Å². The molecule has 0 aliphatic rings. The second-order valence-corrected chi connectivity index (χ2v) is 6.31. The number of amides is 1. The first-order valence-electron chi connectivity index (χ1n) is 8.00. The fraction of sp³-hybridized carbons (Fsp3) is 0.316. The van der Waals surface area contributed by atoms with Crippen LogP contribution in [0.3, 0.4) is 0 Å². The zero-order valence-corrected chi connectivity index (χ0v) is 15.0. The Hall–Kier alpha value is -2.20. The molecule has 0 spiro atoms. The fourth-order valence-corrected chi connectivity index (χ4v) is 2.38. The van der Waals surface area contributed by atoms with Gasteiger partial charge in [-0.05, 0) is 62.7 Å². The number of carbonyl (C=O) groups excluding carboxylic acids is 1. The molecule has 1 amide bonds. The molecule has 128 valence electrons. The number of rotatable bonds is 7. The number of hydrogen-bond donors (Lipinski definition) is 2. The van der Waals surface area contributed by atoms with E-state index in [9.17, 15) is 4.79 Å². The van der Waals surface area contributed by atoms with Crippen LogP contribution in [0.25, 0.3) is 0 Å². The molecule has 2 rings (SSSR count). The van der Waals surface area contributed by atoms with Gasteiger partial charge in [0.25, 0.3) is 0 Å². The number of hydrogen-bond acceptors (Lipinski definition) is 3. The summed E-state index contributed by atoms with van der Waals surface area (Å²) in [5.41, 5.74) is 2.81. The van der Waals surface area contributed by atoms with Crippen LogP contribution >= 0.6 is 11.6 Å². The molecule has 0 aromatic heterocycles. The maximum absolute atomic E-state index is 12.0. The number of nitrogens with one attached hydrogen (secondary N) is 2. The molecule has 4 nitrogen and oxygen atoms in total. The molecule has 2 N–H and O–H groups in total. The average Bonchev–Trinajstić information content (AvgIpc) is 2.52. The highest BCUT2D eigenvalue weighted by Gasteiger charge is 2.05. The van der Waals surface area contributed by atoms with Gasteiger partial charge in [0.2, 0.25) is 5.91 Å². The molecular weight excluding hydrogens is 324 g/mol. The summed E-state index contributed by atoms with van der Waals surface area (Å²) < 4.78 is 5.58. The molecule has 0 fully saturated rings. The van der Waals surface area contributed by atoms with E-state index >= 15 is 0 Å². The maximum Gasteiger partial charge on any atom is 0.226 e. The summed E-state index contributed by atoms with van der Waals surface area (Å²) >= 11 is 5.98. The second kappa shape index (κ2) is 8.60. The lowest BCUT2D eigenvalue weighted by atomic mass is 10.2. The first-order valence-corrected chi connectivity index (χ1v) is 8.38. The standard InChI is InChI=1S/C19H23ClN2O2/c1-13(2)24-17-8-6-16(7-9-17)22-19(23)10-11-21-18-12-15(20)5-4-14(18)3/h4-9,12-13,21H,10-11H2,1-3H3,(H,22,23). The molecule has 0 bridgehead atoms. The van der Waals surface area contributed by atoms with Gasteiger partial charge in [-0.3, -0.25) is 4.79 Å². The second-order valence-electron chi connectivity index (χ2n) is 5.88. The predicted molar refractivity (Wildman–Crippen MR) is 100 cm³/mol. The minimum absolute atomic E-state index is 0.0419. The molecule has 0 saturated carbocycles. The Morgan fingerprint density at radius 1 is 1.17 bits per heavy atom. The Bertz CT molecular complexity index is 684. The summed E-state index contributed by atoms with van der Waals surface area (Å²) in [5.74, 6) is 0.751. The van der Waals surface area contributed by atoms with Crippen molar-refractivity contribution in [2.75, 3.05) is 17.2 Å². The smallest absolute Gasteiger partial charge is 0.226 e. The Morgan fingerprint density at radius 2 is 1.88 bits per heavy atom. The number of ether oxygens (including phenoxy) is 1. The zero-order valence-electron chi connectivity index (χ0n) is 14.2. The SMILES string of the molecule is Cc1ccc(Cl)cc1NCCC(=O)Nc1ccc(OC(C)C)cc1. The lowest BCUT2D eigenvalue weighted by Crippen LogP contribution is -2.16. The molecule has 0 atom stereocenters. The van der Waals surface area contributed by atoms with Gasteiger partial charge in [0, 0.05) is 29.4 Å². The molecule has 0 radical (unpaired) electrons. The van der Waals surface area contributed by atoms with Crippen LogP contribution in [0.5, 0.6) is 5.75 Å². The van der Waals surface area contributed by atoms with Gasteiger partial charge < -0.3 is 15.4 Å². The lowest BCUT2D eigenvalue weighted by Gasteiger charge is -2.11. The van der Waals surface area contributed by atoms with E-state index < -0.39 is 0 Å². The van der Waals surface area contributed by atoms with Crippen molar-refractivity contribution in [2.45, 2.75) is 33.3 Å². The number of aryl methyl sites for hydroxylation is 1. The largest absolute Gasteiger partial charge is 0.491 e. The third-order valence-corrected chi connectivity index (χ3v) is 3.61. The Morgan fingerprint density at radius 3 is 2.54 bits per heavy atom. The van der Waals surface area contributed by atoms with E-state index in [4.69, 9.17) is 16.3 Å². The van der Waals surface area contributed by atoms with Crippen LogP contribution < -0.4 is 15.4 Å². The van der Waals surface area contributed by atoms with E-state index in [0.29, 0.717) is 18.0 Å². The number of anilines is 2. The number of carbonyl (C=O) groups is 1. The van der Waals surface area contributed by atoms with Crippen molar-refractivity contribution < 1.29 is 9.53 Å². The fourth-order valence-electron chi connectivity index (χ4n) is 2.21. The van der Waals surface area contributed by atoms with Crippen LogP contribution in [0.1, 0.15) is 25.8 Å². The summed E-state index contributed by atoms with van der Waals surface area (Å²) in [6.45, 7) is 6.50. The van der Waals surface area contributed by atoms with E-state index in [2.05, 4.69) is 10.6 Å². The lowest BCUT2D eigenvalue weighted by molar-refractivity contribution is -0.115. The van der Waals surface area contributed by atoms with Gasteiger partial charge >= 0.3 is 0 Å². The van der Waals surface area contributed by atoms with Crippen LogP contribution in [-0.2, 0) is 4.79 Å². The van der Waals surface area contributed by atoms with Crippen LogP contribution in [0.2, 0.25) is 5.02 Å². The topological polar surface area (TPSA) is 50.4 Å². The van der Waals surface area contributed by atoms with Gasteiger partial charge in [0.05, 0.1) is 6.10 Å². The van der Waals surface area contributed by atoms with E-state index in [1.807, 2.05) is 63.2 Å². The van der Waals surface area contributed by atoms with Gasteiger partial charge in [0.15, 0.2) is 0 Å². The summed E-state index contributed by atoms with van der Waals surface area (Å²) in [6.07, 6.45) is 0.502. The summed E-state index contributed by atoms with van der Waals surface area (Å²) in [4.78, 5) is 12.0. The quantitative estimate of drug-likeness (QED) is 0.751. The molecule has 5 heteroatoms. The number of benzene rings is 2. The highest BCUT2D eigenvalue weighted by atomic mass is 35.5. The van der Waals surface area contributed by atoms with E-state index in [-0.39, 0.29) is 12.0 Å². The number of halogens is 1. The van der Waals surface area contributed by atoms with Gasteiger partial charge in [-0.25, -0.2) is 0 Å². The average molecular weight is 347 g/mol. The van der Waals surface area contributed by atoms with Crippen LogP contribution in [0.4, 0.5) is 11.4 Å². The van der Waals surface area contributed by atoms with Crippen molar-refractivity contribution in [3.05, 3.63) is 53.1 Å². The summed E-state index contributed by atoms with van der Waals surface area (Å²) in [6, 6.07) is 13.0. The van der Waals surface area contributed by atoms with E-state index in [0.717, 1.165) is 22.7 Å². The molecule has 0 unspecified atom stereocenters. The molecule has 24 heavy (non-hydrogen) atoms. The third kappa shape index (κ3) is 5.78. The molecule has 2 aromatic rings. The van der Waals surface area contributed by atoms with Crippen LogP contribution in [-0.4, -0.2) is 18.6 Å². The molecular formula is C19H23ClN2O2. The Labute approximate surface area is 148 Å². The minimum Gasteiger partial charge on any atom is -0.491 e. The van der Waals surface area contributed by atoms with Gasteiger partial charge in [-0.1, -0.05) is 17.7 Å². The molecule has 0 heterocycles. The van der Waals surface area contributed by atoms with Crippen molar-refractivity contribution in [1.29, 1.82) is 0 Å². The van der Waals surface area contributed by atoms with E-state index in [1.54, 1.807) is 0 Å². The monoisotopic (exact) mass is 346 g/mol. The van der Waals surface area contributed by atoms with Crippen LogP contribution in [0, 0.1) is 6.92 Å². The molecule has 2 aromatic carbocycles. The molecule has 0 aliphatic heterocycles. The normalized spacial score (nSPS) is 10.5. The zero-order chi connectivity index (χ0) is 17.5. The molecule has 0 aliphatic carbocycles. The predicted octanol–water partition coefficient (Wildman–Crippen LogP) is 4.88. The summed E-state index contributed by atoms with van der Waals surface area (Å²) in [5, 5.41) is 6.79. The Kier molecular flexibility index (Phi) is 6.50. The van der Waals surface area contributed by atoms with E-state index in [1.165, 1.54) is 0 Å². The van der Waals surface area contributed by atoms with Crippen molar-refractivity contribution in [3.63, 3.8) is 0 Å². The van der Waals surface area contributed by atoms with Crippen molar-refractivity contribution >= 4 is 28.9 Å². The van der Waals surface area contributed by atoms with Crippen molar-refractivity contribution in [1.82, 2.24) is 0 Å². The van der Waals surface area contributed by atoms with Gasteiger partial charge in [-0.15, -0.1) is 0 Å². The molecule has 0 saturated heterocycles. The minimum atomic E-state index is -0.0419. The van der Waals surface area contributed by atoms with Gasteiger partial charge in [0.1, 0.15) is 5.75 Å².